The molecule has 0 saturated carbocycles. The SMILES string of the molecule is CCCNC(=NC)NCCc1ccc(Cl)cc1.I. The molecule has 5 heteroatoms. The van der Waals surface area contributed by atoms with E-state index in [4.69, 9.17) is 11.6 Å². The highest BCUT2D eigenvalue weighted by atomic mass is 127. The number of nitrogens with one attached hydrogen (secondary N) is 2. The Morgan fingerprint density at radius 3 is 2.33 bits per heavy atom. The zero-order chi connectivity index (χ0) is 12.5. The van der Waals surface area contributed by atoms with E-state index in [0.717, 1.165) is 36.9 Å². The van der Waals surface area contributed by atoms with E-state index >= 15 is 0 Å². The maximum absolute atomic E-state index is 5.83. The molecule has 0 aliphatic rings. The zero-order valence-electron chi connectivity index (χ0n) is 10.9. The minimum Gasteiger partial charge on any atom is -0.356 e. The quantitative estimate of drug-likeness (QED) is 0.467. The van der Waals surface area contributed by atoms with Gasteiger partial charge in [-0.15, -0.1) is 24.0 Å². The fourth-order valence-corrected chi connectivity index (χ4v) is 1.57. The molecule has 0 bridgehead atoms. The first-order valence-corrected chi connectivity index (χ1v) is 6.33. The first-order chi connectivity index (χ1) is 8.26. The van der Waals surface area contributed by atoms with Crippen LogP contribution in [-0.2, 0) is 6.42 Å². The van der Waals surface area contributed by atoms with Gasteiger partial charge >= 0.3 is 0 Å². The monoisotopic (exact) mass is 381 g/mol. The Labute approximate surface area is 131 Å². The standard InChI is InChI=1S/C13H20ClN3.HI/c1-3-9-16-13(15-2)17-10-8-11-4-6-12(14)7-5-11;/h4-7H,3,8-10H2,1-2H3,(H2,15,16,17);1H. The van der Waals surface area contributed by atoms with Crippen LogP contribution in [-0.4, -0.2) is 26.1 Å². The van der Waals surface area contributed by atoms with Crippen LogP contribution < -0.4 is 10.6 Å². The van der Waals surface area contributed by atoms with Crippen molar-refractivity contribution in [3.8, 4) is 0 Å². The number of aliphatic imine (C=N–C) groups is 1. The smallest absolute Gasteiger partial charge is 0.190 e. The summed E-state index contributed by atoms with van der Waals surface area (Å²) in [5.41, 5.74) is 1.27. The highest BCUT2D eigenvalue weighted by Crippen LogP contribution is 2.09. The molecule has 1 aromatic rings. The molecule has 0 aromatic heterocycles. The number of hydrogen-bond donors (Lipinski definition) is 2. The molecule has 1 rings (SSSR count). The van der Waals surface area contributed by atoms with Gasteiger partial charge in [0.25, 0.3) is 0 Å². The Hall–Kier alpha value is -0.490. The number of hydrogen-bond acceptors (Lipinski definition) is 1. The van der Waals surface area contributed by atoms with Crippen LogP contribution in [0.5, 0.6) is 0 Å². The lowest BCUT2D eigenvalue weighted by Crippen LogP contribution is -2.38. The van der Waals surface area contributed by atoms with E-state index in [1.54, 1.807) is 7.05 Å². The molecule has 18 heavy (non-hydrogen) atoms. The summed E-state index contributed by atoms with van der Waals surface area (Å²) in [7, 11) is 1.79. The predicted molar refractivity (Wildman–Crippen MR) is 90.2 cm³/mol. The largest absolute Gasteiger partial charge is 0.356 e. The summed E-state index contributed by atoms with van der Waals surface area (Å²) in [6.07, 6.45) is 2.06. The van der Waals surface area contributed by atoms with E-state index in [0.29, 0.717) is 0 Å². The van der Waals surface area contributed by atoms with Crippen LogP contribution in [0.25, 0.3) is 0 Å². The van der Waals surface area contributed by atoms with Crippen molar-refractivity contribution in [3.63, 3.8) is 0 Å². The second kappa shape index (κ2) is 10.4. The van der Waals surface area contributed by atoms with Crippen LogP contribution in [0.2, 0.25) is 5.02 Å². The molecule has 1 aromatic carbocycles. The van der Waals surface area contributed by atoms with Gasteiger partial charge in [-0.2, -0.15) is 0 Å². The average molecular weight is 382 g/mol. The molecular weight excluding hydrogens is 361 g/mol. The molecule has 3 nitrogen and oxygen atoms in total. The van der Waals surface area contributed by atoms with E-state index in [-0.39, 0.29) is 24.0 Å². The summed E-state index contributed by atoms with van der Waals surface area (Å²) in [6.45, 7) is 3.94. The average Bonchev–Trinajstić information content (AvgIpc) is 2.36. The number of benzene rings is 1. The third-order valence-electron chi connectivity index (χ3n) is 2.39. The van der Waals surface area contributed by atoms with Gasteiger partial charge < -0.3 is 10.6 Å². The van der Waals surface area contributed by atoms with Crippen molar-refractivity contribution in [2.45, 2.75) is 19.8 Å². The second-order valence-electron chi connectivity index (χ2n) is 3.80. The Balaban J connectivity index is 0.00000289. The van der Waals surface area contributed by atoms with Crippen LogP contribution >= 0.6 is 35.6 Å². The van der Waals surface area contributed by atoms with E-state index in [9.17, 15) is 0 Å². The normalized spacial score (nSPS) is 10.7. The van der Waals surface area contributed by atoms with Crippen LogP contribution in [0.15, 0.2) is 29.3 Å². The van der Waals surface area contributed by atoms with E-state index in [1.807, 2.05) is 24.3 Å². The molecule has 0 atom stereocenters. The maximum atomic E-state index is 5.83. The van der Waals surface area contributed by atoms with Crippen LogP contribution in [0.4, 0.5) is 0 Å². The minimum absolute atomic E-state index is 0. The molecule has 0 saturated heterocycles. The minimum atomic E-state index is 0. The first-order valence-electron chi connectivity index (χ1n) is 5.95. The number of guanidine groups is 1. The molecule has 102 valence electrons. The van der Waals surface area contributed by atoms with Crippen molar-refractivity contribution < 1.29 is 0 Å². The molecule has 0 aliphatic heterocycles. The van der Waals surface area contributed by atoms with Crippen molar-refractivity contribution in [3.05, 3.63) is 34.9 Å². The van der Waals surface area contributed by atoms with Crippen LogP contribution in [0, 0.1) is 0 Å². The Bertz CT molecular complexity index is 352. The van der Waals surface area contributed by atoms with Crippen molar-refractivity contribution in [1.29, 1.82) is 0 Å². The Morgan fingerprint density at radius 2 is 1.78 bits per heavy atom. The molecule has 0 unspecified atom stereocenters. The summed E-state index contributed by atoms with van der Waals surface area (Å²) >= 11 is 5.83. The molecule has 0 radical (unpaired) electrons. The number of halogens is 2. The molecule has 0 spiro atoms. The van der Waals surface area contributed by atoms with Crippen LogP contribution in [0.3, 0.4) is 0 Å². The van der Waals surface area contributed by atoms with Gasteiger partial charge in [0.1, 0.15) is 0 Å². The Kier molecular flexibility index (Phi) is 10.2. The molecule has 0 amide bonds. The van der Waals surface area contributed by atoms with Gasteiger partial charge in [-0.1, -0.05) is 30.7 Å². The van der Waals surface area contributed by atoms with Gasteiger partial charge in [-0.25, -0.2) is 0 Å². The van der Waals surface area contributed by atoms with Crippen molar-refractivity contribution in [1.82, 2.24) is 10.6 Å². The zero-order valence-corrected chi connectivity index (χ0v) is 14.0. The van der Waals surface area contributed by atoms with Gasteiger partial charge in [0.05, 0.1) is 0 Å². The molecule has 0 aliphatic carbocycles. The second-order valence-corrected chi connectivity index (χ2v) is 4.24. The summed E-state index contributed by atoms with van der Waals surface area (Å²) in [6, 6.07) is 7.93. The molecule has 0 fully saturated rings. The van der Waals surface area contributed by atoms with Gasteiger partial charge in [-0.3, -0.25) is 4.99 Å². The summed E-state index contributed by atoms with van der Waals surface area (Å²) in [5, 5.41) is 7.29. The third kappa shape index (κ3) is 7.06. The molecular formula is C13H21ClIN3. The summed E-state index contributed by atoms with van der Waals surface area (Å²) in [5.74, 6) is 0.862. The van der Waals surface area contributed by atoms with Crippen molar-refractivity contribution in [2.75, 3.05) is 20.1 Å². The number of rotatable bonds is 5. The topological polar surface area (TPSA) is 36.4 Å². The maximum Gasteiger partial charge on any atom is 0.190 e. The molecule has 0 heterocycles. The van der Waals surface area contributed by atoms with Gasteiger partial charge in [-0.05, 0) is 30.5 Å². The lowest BCUT2D eigenvalue weighted by Gasteiger charge is -2.10. The lowest BCUT2D eigenvalue weighted by molar-refractivity contribution is 0.773. The van der Waals surface area contributed by atoms with Crippen molar-refractivity contribution in [2.24, 2.45) is 4.99 Å². The van der Waals surface area contributed by atoms with Gasteiger partial charge in [0, 0.05) is 25.2 Å². The summed E-state index contributed by atoms with van der Waals surface area (Å²) in [4.78, 5) is 4.14. The first kappa shape index (κ1) is 17.5. The third-order valence-corrected chi connectivity index (χ3v) is 2.64. The van der Waals surface area contributed by atoms with E-state index in [1.165, 1.54) is 5.56 Å². The highest BCUT2D eigenvalue weighted by Gasteiger charge is 1.96. The fraction of sp³-hybridized carbons (Fsp3) is 0.462. The van der Waals surface area contributed by atoms with E-state index in [2.05, 4.69) is 22.5 Å². The summed E-state index contributed by atoms with van der Waals surface area (Å²) < 4.78 is 0. The highest BCUT2D eigenvalue weighted by molar-refractivity contribution is 14.0. The number of nitrogens with zero attached hydrogens (tertiary/aromatic N) is 1. The van der Waals surface area contributed by atoms with Gasteiger partial charge in [0.2, 0.25) is 0 Å². The Morgan fingerprint density at radius 1 is 1.17 bits per heavy atom. The fourth-order valence-electron chi connectivity index (χ4n) is 1.44. The van der Waals surface area contributed by atoms with E-state index < -0.39 is 0 Å². The molecule has 2 N–H and O–H groups in total. The van der Waals surface area contributed by atoms with Gasteiger partial charge in [0.15, 0.2) is 5.96 Å². The van der Waals surface area contributed by atoms with Crippen molar-refractivity contribution >= 4 is 41.5 Å². The lowest BCUT2D eigenvalue weighted by atomic mass is 10.1. The van der Waals surface area contributed by atoms with Crippen LogP contribution in [0.1, 0.15) is 18.9 Å². The predicted octanol–water partition coefficient (Wildman–Crippen LogP) is 3.08.